The number of aromatic amines is 1. The minimum atomic E-state index is -3.20. The second-order valence-electron chi connectivity index (χ2n) is 6.79. The lowest BCUT2D eigenvalue weighted by atomic mass is 10.1. The van der Waals surface area contributed by atoms with Crippen LogP contribution in [0.15, 0.2) is 58.5 Å². The van der Waals surface area contributed by atoms with Crippen LogP contribution in [0.2, 0.25) is 0 Å². The summed E-state index contributed by atoms with van der Waals surface area (Å²) in [6, 6.07) is 11.4. The average molecular weight is 417 g/mol. The summed E-state index contributed by atoms with van der Waals surface area (Å²) in [5.41, 5.74) is 2.88. The average Bonchev–Trinajstić information content (AvgIpc) is 3.08. The fourth-order valence-electron chi connectivity index (χ4n) is 3.03. The Bertz CT molecular complexity index is 1110. The van der Waals surface area contributed by atoms with Crippen LogP contribution in [-0.4, -0.2) is 38.7 Å². The molecular formula is C21H25FN4O2S. The first-order chi connectivity index (χ1) is 13.9. The number of hydrogen-bond donors (Lipinski definition) is 3. The van der Waals surface area contributed by atoms with E-state index in [0.717, 1.165) is 35.0 Å². The third-order valence-corrected chi connectivity index (χ3v) is 5.66. The van der Waals surface area contributed by atoms with Crippen molar-refractivity contribution in [2.45, 2.75) is 24.8 Å². The maximum atomic E-state index is 13.5. The molecule has 0 saturated carbocycles. The zero-order valence-corrected chi connectivity index (χ0v) is 17.3. The molecule has 0 aliphatic heterocycles. The Balaban J connectivity index is 1.61. The Morgan fingerprint density at radius 3 is 2.59 bits per heavy atom. The minimum Gasteiger partial charge on any atom is -0.361 e. The summed E-state index contributed by atoms with van der Waals surface area (Å²) in [6.45, 7) is 3.78. The number of aromatic nitrogens is 1. The molecular weight excluding hydrogens is 391 g/mol. The largest absolute Gasteiger partial charge is 0.361 e. The maximum Gasteiger partial charge on any atom is 0.191 e. The Morgan fingerprint density at radius 2 is 1.90 bits per heavy atom. The predicted octanol–water partition coefficient (Wildman–Crippen LogP) is 3.01. The van der Waals surface area contributed by atoms with Crippen molar-refractivity contribution >= 4 is 26.7 Å². The molecule has 29 heavy (non-hydrogen) atoms. The molecule has 3 N–H and O–H groups in total. The van der Waals surface area contributed by atoms with E-state index in [1.807, 2.05) is 13.1 Å². The van der Waals surface area contributed by atoms with Crippen LogP contribution >= 0.6 is 0 Å². The third kappa shape index (κ3) is 5.57. The quantitative estimate of drug-likeness (QED) is 0.408. The highest BCUT2D eigenvalue weighted by molar-refractivity contribution is 7.90. The summed E-state index contributed by atoms with van der Waals surface area (Å²) in [6.07, 6.45) is 3.81. The van der Waals surface area contributed by atoms with Gasteiger partial charge in [0.05, 0.1) is 11.4 Å². The summed E-state index contributed by atoms with van der Waals surface area (Å²) < 4.78 is 36.6. The van der Waals surface area contributed by atoms with Crippen molar-refractivity contribution in [3.05, 3.63) is 65.6 Å². The van der Waals surface area contributed by atoms with Crippen molar-refractivity contribution in [1.29, 1.82) is 0 Å². The van der Waals surface area contributed by atoms with Gasteiger partial charge in [-0.05, 0) is 54.8 Å². The van der Waals surface area contributed by atoms with E-state index in [9.17, 15) is 12.8 Å². The van der Waals surface area contributed by atoms with E-state index >= 15 is 0 Å². The molecule has 2 aromatic carbocycles. The van der Waals surface area contributed by atoms with Crippen LogP contribution in [0.5, 0.6) is 0 Å². The van der Waals surface area contributed by atoms with E-state index in [1.54, 1.807) is 36.4 Å². The molecule has 0 amide bonds. The van der Waals surface area contributed by atoms with Crippen LogP contribution in [-0.2, 0) is 22.8 Å². The normalized spacial score (nSPS) is 12.3. The van der Waals surface area contributed by atoms with E-state index < -0.39 is 9.84 Å². The molecule has 0 unspecified atom stereocenters. The van der Waals surface area contributed by atoms with Gasteiger partial charge in [-0.1, -0.05) is 12.1 Å². The number of fused-ring (bicyclic) bond motifs is 1. The number of halogens is 1. The van der Waals surface area contributed by atoms with Crippen LogP contribution in [0.1, 0.15) is 18.1 Å². The Morgan fingerprint density at radius 1 is 1.14 bits per heavy atom. The molecule has 0 atom stereocenters. The number of nitrogens with one attached hydrogen (secondary N) is 3. The van der Waals surface area contributed by atoms with Crippen molar-refractivity contribution in [3.8, 4) is 0 Å². The lowest BCUT2D eigenvalue weighted by molar-refractivity contribution is 0.602. The molecule has 0 aliphatic carbocycles. The lowest BCUT2D eigenvalue weighted by Crippen LogP contribution is -2.38. The Labute approximate surface area is 170 Å². The van der Waals surface area contributed by atoms with Gasteiger partial charge in [0.25, 0.3) is 0 Å². The summed E-state index contributed by atoms with van der Waals surface area (Å²) >= 11 is 0. The second kappa shape index (κ2) is 9.09. The molecule has 3 rings (SSSR count). The lowest BCUT2D eigenvalue weighted by Gasteiger charge is -2.11. The number of guanidine groups is 1. The number of hydrogen-bond acceptors (Lipinski definition) is 3. The monoisotopic (exact) mass is 416 g/mol. The fraction of sp³-hybridized carbons (Fsp3) is 0.286. The zero-order valence-electron chi connectivity index (χ0n) is 16.5. The standard InChI is InChI=1S/C21H25FN4O2S/c1-3-23-21(26-13-15-4-7-18(8-5-15)29(2,27)28)24-11-10-16-14-25-20-9-6-17(22)12-19(16)20/h4-9,12,14,25H,3,10-11,13H2,1-2H3,(H2,23,24,26). The molecule has 154 valence electrons. The minimum absolute atomic E-state index is 0.247. The SMILES string of the molecule is CCNC(=NCc1ccc(S(C)(=O)=O)cc1)NCCc1c[nH]c2ccc(F)cc12. The molecule has 1 heterocycles. The molecule has 6 nitrogen and oxygen atoms in total. The Kier molecular flexibility index (Phi) is 6.53. The van der Waals surface area contributed by atoms with Crippen LogP contribution in [0.4, 0.5) is 4.39 Å². The number of benzene rings is 2. The van der Waals surface area contributed by atoms with E-state index in [4.69, 9.17) is 0 Å². The first kappa shape index (κ1) is 20.9. The number of H-pyrrole nitrogens is 1. The second-order valence-corrected chi connectivity index (χ2v) is 8.81. The van der Waals surface area contributed by atoms with Gasteiger partial charge in [-0.3, -0.25) is 0 Å². The summed E-state index contributed by atoms with van der Waals surface area (Å²) in [4.78, 5) is 8.00. The van der Waals surface area contributed by atoms with Crippen molar-refractivity contribution < 1.29 is 12.8 Å². The first-order valence-corrected chi connectivity index (χ1v) is 11.3. The van der Waals surface area contributed by atoms with Crippen LogP contribution in [0.25, 0.3) is 10.9 Å². The molecule has 0 bridgehead atoms. The van der Waals surface area contributed by atoms with Gasteiger partial charge in [0.2, 0.25) is 0 Å². The van der Waals surface area contributed by atoms with Crippen molar-refractivity contribution in [3.63, 3.8) is 0 Å². The summed E-state index contributed by atoms with van der Waals surface area (Å²) in [7, 11) is -3.20. The highest BCUT2D eigenvalue weighted by atomic mass is 32.2. The van der Waals surface area contributed by atoms with Gasteiger partial charge >= 0.3 is 0 Å². The van der Waals surface area contributed by atoms with Gasteiger partial charge in [-0.2, -0.15) is 0 Å². The van der Waals surface area contributed by atoms with Crippen molar-refractivity contribution in [2.75, 3.05) is 19.3 Å². The molecule has 3 aromatic rings. The van der Waals surface area contributed by atoms with Gasteiger partial charge < -0.3 is 15.6 Å². The third-order valence-electron chi connectivity index (χ3n) is 4.53. The maximum absolute atomic E-state index is 13.5. The number of rotatable bonds is 7. The van der Waals surface area contributed by atoms with Gasteiger partial charge in [0, 0.05) is 36.4 Å². The number of aliphatic imine (C=N–C) groups is 1. The van der Waals surface area contributed by atoms with Crippen LogP contribution in [0.3, 0.4) is 0 Å². The number of nitrogens with zero attached hydrogens (tertiary/aromatic N) is 1. The first-order valence-electron chi connectivity index (χ1n) is 9.43. The Hall–Kier alpha value is -2.87. The van der Waals surface area contributed by atoms with Gasteiger partial charge in [0.15, 0.2) is 15.8 Å². The molecule has 0 spiro atoms. The molecule has 0 saturated heterocycles. The van der Waals surface area contributed by atoms with Crippen LogP contribution < -0.4 is 10.6 Å². The fourth-order valence-corrected chi connectivity index (χ4v) is 3.66. The van der Waals surface area contributed by atoms with Crippen molar-refractivity contribution in [2.24, 2.45) is 4.99 Å². The van der Waals surface area contributed by atoms with E-state index in [0.29, 0.717) is 23.9 Å². The molecule has 0 radical (unpaired) electrons. The highest BCUT2D eigenvalue weighted by Gasteiger charge is 2.07. The summed E-state index contributed by atoms with van der Waals surface area (Å²) in [5, 5.41) is 7.36. The molecule has 1 aromatic heterocycles. The smallest absolute Gasteiger partial charge is 0.191 e. The number of sulfone groups is 1. The highest BCUT2D eigenvalue weighted by Crippen LogP contribution is 2.19. The van der Waals surface area contributed by atoms with Gasteiger partial charge in [0.1, 0.15) is 5.82 Å². The van der Waals surface area contributed by atoms with Gasteiger partial charge in [-0.15, -0.1) is 0 Å². The molecule has 0 fully saturated rings. The van der Waals surface area contributed by atoms with Crippen LogP contribution in [0, 0.1) is 5.82 Å². The molecule has 8 heteroatoms. The van der Waals surface area contributed by atoms with Crippen molar-refractivity contribution in [1.82, 2.24) is 15.6 Å². The summed E-state index contributed by atoms with van der Waals surface area (Å²) in [5.74, 6) is 0.425. The topological polar surface area (TPSA) is 86.3 Å². The van der Waals surface area contributed by atoms with Gasteiger partial charge in [-0.25, -0.2) is 17.8 Å². The molecule has 0 aliphatic rings. The predicted molar refractivity (Wildman–Crippen MR) is 114 cm³/mol. The van der Waals surface area contributed by atoms with E-state index in [1.165, 1.54) is 12.3 Å². The van der Waals surface area contributed by atoms with E-state index in [-0.39, 0.29) is 5.82 Å². The van der Waals surface area contributed by atoms with E-state index in [2.05, 4.69) is 20.6 Å². The zero-order chi connectivity index (χ0) is 20.9.